The van der Waals surface area contributed by atoms with Gasteiger partial charge in [-0.25, -0.2) is 4.79 Å². The summed E-state index contributed by atoms with van der Waals surface area (Å²) in [4.78, 5) is 15.9. The van der Waals surface area contributed by atoms with E-state index in [0.717, 1.165) is 11.1 Å². The fourth-order valence-electron chi connectivity index (χ4n) is 1.89. The van der Waals surface area contributed by atoms with Crippen LogP contribution in [0.3, 0.4) is 0 Å². The molecule has 0 aromatic heterocycles. The zero-order valence-corrected chi connectivity index (χ0v) is 15.2. The normalized spacial score (nSPS) is 10.6. The molecule has 0 aliphatic carbocycles. The first-order valence-electron chi connectivity index (χ1n) is 6.95. The van der Waals surface area contributed by atoms with Crippen LogP contribution in [0.15, 0.2) is 59.6 Å². The van der Waals surface area contributed by atoms with Gasteiger partial charge in [0.05, 0.1) is 5.56 Å². The predicted octanol–water partition coefficient (Wildman–Crippen LogP) is 2.70. The molecule has 0 saturated heterocycles. The van der Waals surface area contributed by atoms with Crippen molar-refractivity contribution in [2.45, 2.75) is 13.2 Å². The van der Waals surface area contributed by atoms with Crippen LogP contribution in [-0.2, 0) is 17.9 Å². The maximum atomic E-state index is 12.1. The summed E-state index contributed by atoms with van der Waals surface area (Å²) < 4.78 is 5.31. The highest BCUT2D eigenvalue weighted by Crippen LogP contribution is 2.09. The third-order valence-electron chi connectivity index (χ3n) is 3.09. The second-order valence-electron chi connectivity index (χ2n) is 4.72. The van der Waals surface area contributed by atoms with E-state index in [-0.39, 0.29) is 36.6 Å². The third kappa shape index (κ3) is 6.27. The number of benzene rings is 2. The van der Waals surface area contributed by atoms with Crippen LogP contribution in [0.2, 0.25) is 0 Å². The van der Waals surface area contributed by atoms with E-state index in [9.17, 15) is 4.79 Å². The molecule has 5 nitrogen and oxygen atoms in total. The monoisotopic (exact) mass is 425 g/mol. The van der Waals surface area contributed by atoms with Crippen molar-refractivity contribution >= 4 is 35.9 Å². The number of esters is 1. The largest absolute Gasteiger partial charge is 0.457 e. The lowest BCUT2D eigenvalue weighted by Crippen LogP contribution is -2.30. The van der Waals surface area contributed by atoms with Crippen molar-refractivity contribution in [3.05, 3.63) is 71.3 Å². The summed E-state index contributed by atoms with van der Waals surface area (Å²) in [7, 11) is 1.61. The highest BCUT2D eigenvalue weighted by molar-refractivity contribution is 14.0. The summed E-state index contributed by atoms with van der Waals surface area (Å²) in [6.45, 7) is 0.764. The van der Waals surface area contributed by atoms with Crippen LogP contribution in [0.1, 0.15) is 21.5 Å². The Balaban J connectivity index is 0.00000264. The maximum Gasteiger partial charge on any atom is 0.338 e. The van der Waals surface area contributed by atoms with E-state index >= 15 is 0 Å². The van der Waals surface area contributed by atoms with Crippen molar-refractivity contribution in [2.75, 3.05) is 7.05 Å². The van der Waals surface area contributed by atoms with Crippen molar-refractivity contribution in [1.82, 2.24) is 5.32 Å². The number of rotatable bonds is 5. The highest BCUT2D eigenvalue weighted by atomic mass is 127. The van der Waals surface area contributed by atoms with Crippen LogP contribution >= 0.6 is 24.0 Å². The van der Waals surface area contributed by atoms with E-state index in [2.05, 4.69) is 10.3 Å². The molecule has 0 aliphatic heterocycles. The lowest BCUT2D eigenvalue weighted by Gasteiger charge is -2.08. The number of nitrogens with two attached hydrogens (primary N) is 1. The molecule has 6 heteroatoms. The van der Waals surface area contributed by atoms with Crippen LogP contribution in [-0.4, -0.2) is 19.0 Å². The Hall–Kier alpha value is -2.09. The van der Waals surface area contributed by atoms with E-state index in [4.69, 9.17) is 10.5 Å². The van der Waals surface area contributed by atoms with E-state index in [1.807, 2.05) is 42.5 Å². The van der Waals surface area contributed by atoms with Crippen LogP contribution in [0.5, 0.6) is 0 Å². The number of nitrogens with zero attached hydrogens (tertiary/aromatic N) is 1. The fraction of sp³-hybridized carbons (Fsp3) is 0.176. The fourth-order valence-corrected chi connectivity index (χ4v) is 1.89. The van der Waals surface area contributed by atoms with Gasteiger partial charge >= 0.3 is 5.97 Å². The number of hydrogen-bond acceptors (Lipinski definition) is 3. The van der Waals surface area contributed by atoms with Crippen LogP contribution < -0.4 is 11.1 Å². The molecule has 0 spiro atoms. The molecule has 0 fully saturated rings. The number of halogens is 1. The summed E-state index contributed by atoms with van der Waals surface area (Å²) in [6.07, 6.45) is 0. The average Bonchev–Trinajstić information content (AvgIpc) is 2.58. The molecule has 23 heavy (non-hydrogen) atoms. The molecule has 2 aromatic carbocycles. The Morgan fingerprint density at radius 2 is 1.83 bits per heavy atom. The summed E-state index contributed by atoms with van der Waals surface area (Å²) in [5, 5.41) is 2.95. The summed E-state index contributed by atoms with van der Waals surface area (Å²) >= 11 is 0. The minimum atomic E-state index is -0.345. The molecule has 0 aliphatic rings. The Bertz CT molecular complexity index is 660. The number of carbonyl (C=O) groups is 1. The van der Waals surface area contributed by atoms with Gasteiger partial charge in [0.2, 0.25) is 0 Å². The van der Waals surface area contributed by atoms with Crippen molar-refractivity contribution in [1.29, 1.82) is 0 Å². The second-order valence-corrected chi connectivity index (χ2v) is 4.72. The summed E-state index contributed by atoms with van der Waals surface area (Å²) in [5.41, 5.74) is 7.98. The van der Waals surface area contributed by atoms with Gasteiger partial charge in [-0.05, 0) is 23.3 Å². The SMILES string of the molecule is CN=C(N)NCc1cccc(C(=O)OCc2ccccc2)c1.I. The molecule has 0 heterocycles. The van der Waals surface area contributed by atoms with Gasteiger partial charge in [-0.2, -0.15) is 0 Å². The number of nitrogens with one attached hydrogen (secondary N) is 1. The predicted molar refractivity (Wildman–Crippen MR) is 102 cm³/mol. The molecule has 0 saturated carbocycles. The molecule has 3 N–H and O–H groups in total. The lowest BCUT2D eigenvalue weighted by atomic mass is 10.1. The van der Waals surface area contributed by atoms with Gasteiger partial charge in [0, 0.05) is 13.6 Å². The average molecular weight is 425 g/mol. The molecule has 0 bridgehead atoms. The van der Waals surface area contributed by atoms with Crippen molar-refractivity contribution < 1.29 is 9.53 Å². The number of hydrogen-bond donors (Lipinski definition) is 2. The van der Waals surface area contributed by atoms with E-state index in [1.54, 1.807) is 19.2 Å². The molecule has 0 unspecified atom stereocenters. The third-order valence-corrected chi connectivity index (χ3v) is 3.09. The van der Waals surface area contributed by atoms with Crippen molar-refractivity contribution in [3.63, 3.8) is 0 Å². The van der Waals surface area contributed by atoms with Gasteiger partial charge in [0.25, 0.3) is 0 Å². The van der Waals surface area contributed by atoms with E-state index in [1.165, 1.54) is 0 Å². The zero-order valence-electron chi connectivity index (χ0n) is 12.9. The standard InChI is InChI=1S/C17H19N3O2.HI/c1-19-17(18)20-11-14-8-5-9-15(10-14)16(21)22-12-13-6-3-2-4-7-13;/h2-10H,11-12H2,1H3,(H3,18,19,20);1H. The van der Waals surface area contributed by atoms with E-state index in [0.29, 0.717) is 18.1 Å². The topological polar surface area (TPSA) is 76.7 Å². The Kier molecular flexibility index (Phi) is 8.10. The first-order chi connectivity index (χ1) is 10.7. The molecule has 2 rings (SSSR count). The number of guanidine groups is 1. The van der Waals surface area contributed by atoms with Gasteiger partial charge in [-0.15, -0.1) is 24.0 Å². The molecule has 0 radical (unpaired) electrons. The van der Waals surface area contributed by atoms with Crippen molar-refractivity contribution in [3.8, 4) is 0 Å². The summed E-state index contributed by atoms with van der Waals surface area (Å²) in [5.74, 6) is 0.0138. The molecule has 122 valence electrons. The van der Waals surface area contributed by atoms with Gasteiger partial charge < -0.3 is 15.8 Å². The Labute approximate surface area is 153 Å². The Morgan fingerprint density at radius 3 is 2.52 bits per heavy atom. The maximum absolute atomic E-state index is 12.1. The number of aliphatic imine (C=N–C) groups is 1. The van der Waals surface area contributed by atoms with E-state index < -0.39 is 0 Å². The molecular formula is C17H20IN3O2. The van der Waals surface area contributed by atoms with Gasteiger partial charge in [0.1, 0.15) is 6.61 Å². The van der Waals surface area contributed by atoms with Gasteiger partial charge in [0.15, 0.2) is 5.96 Å². The molecular weight excluding hydrogens is 405 g/mol. The Morgan fingerprint density at radius 1 is 1.13 bits per heavy atom. The minimum absolute atomic E-state index is 0. The summed E-state index contributed by atoms with van der Waals surface area (Å²) in [6, 6.07) is 16.8. The molecule has 0 amide bonds. The van der Waals surface area contributed by atoms with Gasteiger partial charge in [-0.1, -0.05) is 42.5 Å². The van der Waals surface area contributed by atoms with Crippen LogP contribution in [0.4, 0.5) is 0 Å². The van der Waals surface area contributed by atoms with Crippen LogP contribution in [0, 0.1) is 0 Å². The first kappa shape index (κ1) is 19.0. The lowest BCUT2D eigenvalue weighted by molar-refractivity contribution is 0.0472. The van der Waals surface area contributed by atoms with Gasteiger partial charge in [-0.3, -0.25) is 4.99 Å². The smallest absolute Gasteiger partial charge is 0.338 e. The second kappa shape index (κ2) is 9.83. The first-order valence-corrected chi connectivity index (χ1v) is 6.95. The zero-order chi connectivity index (χ0) is 15.8. The van der Waals surface area contributed by atoms with Crippen molar-refractivity contribution in [2.24, 2.45) is 10.7 Å². The highest BCUT2D eigenvalue weighted by Gasteiger charge is 2.08. The number of ether oxygens (including phenoxy) is 1. The molecule has 2 aromatic rings. The molecule has 0 atom stereocenters. The van der Waals surface area contributed by atoms with Crippen LogP contribution in [0.25, 0.3) is 0 Å². The number of carbonyl (C=O) groups excluding carboxylic acids is 1. The quantitative estimate of drug-likeness (QED) is 0.334. The minimum Gasteiger partial charge on any atom is -0.457 e.